The van der Waals surface area contributed by atoms with Crippen molar-refractivity contribution in [3.05, 3.63) is 72.0 Å². The van der Waals surface area contributed by atoms with E-state index in [0.29, 0.717) is 63.0 Å². The van der Waals surface area contributed by atoms with Crippen molar-refractivity contribution in [1.29, 1.82) is 0 Å². The Bertz CT molecular complexity index is 2560. The van der Waals surface area contributed by atoms with Crippen LogP contribution >= 0.6 is 0 Å². The average Bonchev–Trinajstić information content (AvgIpc) is 3.80. The monoisotopic (exact) mass is 906 g/mol. The molecule has 14 heteroatoms. The first-order valence-corrected chi connectivity index (χ1v) is 25.2. The first kappa shape index (κ1) is 46.4. The number of anilines is 1. The van der Waals surface area contributed by atoms with Crippen LogP contribution in [0.4, 0.5) is 19.4 Å². The van der Waals surface area contributed by atoms with Gasteiger partial charge in [0.05, 0.1) is 28.6 Å². The van der Waals surface area contributed by atoms with Crippen molar-refractivity contribution in [3.8, 4) is 34.5 Å². The zero-order chi connectivity index (χ0) is 46.7. The van der Waals surface area contributed by atoms with Gasteiger partial charge in [0.25, 0.3) is 0 Å². The molecule has 2 bridgehead atoms. The Morgan fingerprint density at radius 1 is 0.954 bits per heavy atom. The molecule has 11 nitrogen and oxygen atoms in total. The summed E-state index contributed by atoms with van der Waals surface area (Å²) in [5.74, 6) is 2.97. The Balaban J connectivity index is 1.29. The standard InChI is InChI=1S/C51H64F2N6O5Si/c1-30(2)65(31(3)4,32(5)6)18-17-39-42(52)16-13-35-19-38(63-29-61-12)20-40(43(35)39)45-44(53)46-41(23-54-45)47(57-26-36-14-15-37(27-57)59(36)49(60)64-50(9,10)11)56-48(55-46)62-28-51-21-33(7)24-58(51)25-34(8)22-51/h13,16,19-20,23,30-32,36-37H,7-8,14-15,21-22,24-29H2,1-6,9-12H3/t36-,37+. The third kappa shape index (κ3) is 8.60. The second-order valence-corrected chi connectivity index (χ2v) is 26.2. The number of benzene rings is 2. The highest BCUT2D eigenvalue weighted by Gasteiger charge is 2.49. The molecular formula is C51H64F2N6O5Si. The molecular weight excluding hydrogens is 843 g/mol. The van der Waals surface area contributed by atoms with Gasteiger partial charge in [-0.3, -0.25) is 14.8 Å². The summed E-state index contributed by atoms with van der Waals surface area (Å²) in [6.07, 6.45) is 4.33. The summed E-state index contributed by atoms with van der Waals surface area (Å²) >= 11 is 0. The largest absolute Gasteiger partial charge is 0.468 e. The van der Waals surface area contributed by atoms with Crippen molar-refractivity contribution in [1.82, 2.24) is 24.8 Å². The minimum atomic E-state index is -2.32. The quantitative estimate of drug-likeness (QED) is 0.0626. The fraction of sp³-hybridized carbons (Fsp3) is 0.529. The molecule has 6 heterocycles. The smallest absolute Gasteiger partial charge is 0.410 e. The van der Waals surface area contributed by atoms with Crippen LogP contribution in [0.1, 0.15) is 93.6 Å². The lowest BCUT2D eigenvalue weighted by Crippen LogP contribution is -2.57. The van der Waals surface area contributed by atoms with Crippen LogP contribution in [0.5, 0.6) is 11.8 Å². The van der Waals surface area contributed by atoms with Crippen molar-refractivity contribution in [2.75, 3.05) is 51.6 Å². The summed E-state index contributed by atoms with van der Waals surface area (Å²) in [5, 5.41) is 1.42. The highest BCUT2D eigenvalue weighted by molar-refractivity contribution is 6.90. The minimum Gasteiger partial charge on any atom is -0.468 e. The Morgan fingerprint density at radius 2 is 1.60 bits per heavy atom. The van der Waals surface area contributed by atoms with Crippen molar-refractivity contribution < 1.29 is 32.5 Å². The van der Waals surface area contributed by atoms with Crippen LogP contribution in [0, 0.1) is 23.1 Å². The van der Waals surface area contributed by atoms with Crippen molar-refractivity contribution >= 4 is 41.7 Å². The van der Waals surface area contributed by atoms with Gasteiger partial charge in [-0.05, 0) is 86.7 Å². The molecule has 2 aromatic heterocycles. The molecule has 4 aromatic rings. The zero-order valence-electron chi connectivity index (χ0n) is 39.7. The topological polar surface area (TPSA) is 102 Å². The first-order valence-electron chi connectivity index (χ1n) is 23.0. The van der Waals surface area contributed by atoms with Crippen LogP contribution in [0.15, 0.2) is 54.8 Å². The Labute approximate surface area is 383 Å². The highest BCUT2D eigenvalue weighted by atomic mass is 28.3. The van der Waals surface area contributed by atoms with Crippen molar-refractivity contribution in [3.63, 3.8) is 0 Å². The molecule has 346 valence electrons. The highest BCUT2D eigenvalue weighted by Crippen LogP contribution is 2.45. The Morgan fingerprint density at radius 3 is 2.20 bits per heavy atom. The molecule has 8 rings (SSSR count). The predicted molar refractivity (Wildman–Crippen MR) is 255 cm³/mol. The molecule has 2 aromatic carbocycles. The summed E-state index contributed by atoms with van der Waals surface area (Å²) < 4.78 is 57.9. The number of hydrogen-bond donors (Lipinski definition) is 0. The number of amides is 1. The summed E-state index contributed by atoms with van der Waals surface area (Å²) in [6, 6.07) is 6.25. The maximum absolute atomic E-state index is 18.0. The van der Waals surface area contributed by atoms with Crippen LogP contribution < -0.4 is 14.4 Å². The maximum atomic E-state index is 18.0. The number of methoxy groups -OCH3 is 1. The number of ether oxygens (including phenoxy) is 4. The number of aromatic nitrogens is 3. The third-order valence-corrected chi connectivity index (χ3v) is 20.4. The van der Waals surface area contributed by atoms with Crippen molar-refractivity contribution in [2.45, 2.75) is 128 Å². The second-order valence-electron chi connectivity index (χ2n) is 20.6. The summed E-state index contributed by atoms with van der Waals surface area (Å²) in [5.41, 5.74) is 6.31. The number of halogens is 2. The van der Waals surface area contributed by atoms with Crippen LogP contribution in [0.3, 0.4) is 0 Å². The maximum Gasteiger partial charge on any atom is 0.410 e. The molecule has 0 N–H and O–H groups in total. The summed E-state index contributed by atoms with van der Waals surface area (Å²) in [4.78, 5) is 34.4. The van der Waals surface area contributed by atoms with E-state index in [4.69, 9.17) is 33.9 Å². The van der Waals surface area contributed by atoms with Crippen molar-refractivity contribution in [2.24, 2.45) is 0 Å². The van der Waals surface area contributed by atoms with E-state index in [1.54, 1.807) is 24.4 Å². The van der Waals surface area contributed by atoms with Gasteiger partial charge in [0.2, 0.25) is 0 Å². The number of carbonyl (C=O) groups excluding carboxylic acids is 1. The summed E-state index contributed by atoms with van der Waals surface area (Å²) in [6.45, 7) is 30.0. The molecule has 4 aliphatic heterocycles. The van der Waals surface area contributed by atoms with E-state index in [1.165, 1.54) is 13.2 Å². The molecule has 4 aliphatic rings. The molecule has 2 atom stereocenters. The molecule has 65 heavy (non-hydrogen) atoms. The molecule has 0 radical (unpaired) electrons. The number of piperazine rings is 1. The van der Waals surface area contributed by atoms with Gasteiger partial charge in [-0.2, -0.15) is 9.97 Å². The van der Waals surface area contributed by atoms with Gasteiger partial charge in [-0.15, -0.1) is 5.54 Å². The minimum absolute atomic E-state index is 0.00388. The molecule has 0 aliphatic carbocycles. The van der Waals surface area contributed by atoms with E-state index in [1.807, 2.05) is 25.7 Å². The lowest BCUT2D eigenvalue weighted by molar-refractivity contribution is 0.0122. The third-order valence-electron chi connectivity index (χ3n) is 14.1. The van der Waals surface area contributed by atoms with Gasteiger partial charge in [0, 0.05) is 50.4 Å². The zero-order valence-corrected chi connectivity index (χ0v) is 40.7. The van der Waals surface area contributed by atoms with E-state index in [9.17, 15) is 4.79 Å². The van der Waals surface area contributed by atoms with Gasteiger partial charge in [-0.1, -0.05) is 77.8 Å². The van der Waals surface area contributed by atoms with Gasteiger partial charge >= 0.3 is 12.1 Å². The number of nitrogens with zero attached hydrogens (tertiary/aromatic N) is 6. The number of pyridine rings is 1. The Hall–Kier alpha value is -5.10. The molecule has 0 saturated carbocycles. The van der Waals surface area contributed by atoms with E-state index in [2.05, 4.69) is 76.0 Å². The normalized spacial score (nSPS) is 19.8. The second kappa shape index (κ2) is 17.6. The van der Waals surface area contributed by atoms with Gasteiger partial charge in [0.15, 0.2) is 12.6 Å². The van der Waals surface area contributed by atoms with Crippen LogP contribution in [0.25, 0.3) is 32.9 Å². The number of fused-ring (bicyclic) bond motifs is 5. The molecule has 4 saturated heterocycles. The molecule has 1 amide bonds. The van der Waals surface area contributed by atoms with E-state index >= 15 is 8.78 Å². The molecule has 0 spiro atoms. The number of rotatable bonds is 11. The lowest BCUT2D eigenvalue weighted by Gasteiger charge is -2.42. The lowest BCUT2D eigenvalue weighted by atomic mass is 9.92. The van der Waals surface area contributed by atoms with Crippen LogP contribution in [0.2, 0.25) is 16.6 Å². The van der Waals surface area contributed by atoms with Gasteiger partial charge in [-0.25, -0.2) is 13.6 Å². The van der Waals surface area contributed by atoms with E-state index < -0.39 is 25.3 Å². The predicted octanol–water partition coefficient (Wildman–Crippen LogP) is 10.6. The van der Waals surface area contributed by atoms with Crippen LogP contribution in [-0.4, -0.2) is 109 Å². The van der Waals surface area contributed by atoms with Gasteiger partial charge < -0.3 is 23.8 Å². The molecule has 0 unspecified atom stereocenters. The Kier molecular flexibility index (Phi) is 12.6. The molecule has 4 fully saturated rings. The first-order chi connectivity index (χ1) is 30.7. The number of hydrogen-bond acceptors (Lipinski definition) is 10. The number of carbonyl (C=O) groups is 1. The van der Waals surface area contributed by atoms with E-state index in [0.717, 1.165) is 49.9 Å². The van der Waals surface area contributed by atoms with Gasteiger partial charge in [0.1, 0.15) is 48.9 Å². The fourth-order valence-electron chi connectivity index (χ4n) is 11.4. The average molecular weight is 907 g/mol. The fourth-order valence-corrected chi connectivity index (χ4v) is 16.6. The van der Waals surface area contributed by atoms with E-state index in [-0.39, 0.29) is 59.9 Å². The van der Waals surface area contributed by atoms with Crippen LogP contribution in [-0.2, 0) is 9.47 Å². The SMILES string of the molecule is C=C1CN2CC(=C)CC2(COc2nc(N3C[C@H]4CC[C@@H](C3)N4C(=O)OC(C)(C)C)c3cnc(-c4cc(OCOC)cc5ccc(F)c(C#C[Si](C(C)C)(C(C)C)C(C)C)c45)c(F)c3n2)C1. The summed E-state index contributed by atoms with van der Waals surface area (Å²) in [7, 11) is -0.798.